The topological polar surface area (TPSA) is 102 Å². The Balaban J connectivity index is 1.56. The molecule has 0 fully saturated rings. The van der Waals surface area contributed by atoms with E-state index >= 15 is 0 Å². The van der Waals surface area contributed by atoms with Crippen LogP contribution in [0, 0.1) is 4.77 Å². The molecule has 0 atom stereocenters. The quantitative estimate of drug-likeness (QED) is 0.325. The van der Waals surface area contributed by atoms with Crippen LogP contribution >= 0.6 is 23.6 Å². The zero-order valence-electron chi connectivity index (χ0n) is 16.6. The number of rotatable bonds is 7. The highest BCUT2D eigenvalue weighted by Crippen LogP contribution is 2.26. The highest BCUT2D eigenvalue weighted by molar-refractivity contribution is 7.71. The van der Waals surface area contributed by atoms with Crippen LogP contribution in [-0.4, -0.2) is 39.4 Å². The number of methoxy groups -OCH3 is 1. The Hall–Kier alpha value is -3.21. The summed E-state index contributed by atoms with van der Waals surface area (Å²) in [5, 5.41) is 12.5. The maximum absolute atomic E-state index is 12.8. The lowest BCUT2D eigenvalue weighted by atomic mass is 10.1. The molecule has 2 heterocycles. The van der Waals surface area contributed by atoms with Crippen LogP contribution in [0.15, 0.2) is 53.3 Å². The highest BCUT2D eigenvalue weighted by Gasteiger charge is 2.13. The fourth-order valence-electron chi connectivity index (χ4n) is 3.11. The van der Waals surface area contributed by atoms with Gasteiger partial charge in [-0.15, -0.1) is 10.2 Å². The van der Waals surface area contributed by atoms with Gasteiger partial charge in [0.15, 0.2) is 4.77 Å². The molecule has 0 aliphatic rings. The van der Waals surface area contributed by atoms with Crippen molar-refractivity contribution in [3.8, 4) is 10.6 Å². The molecule has 31 heavy (non-hydrogen) atoms. The van der Waals surface area contributed by atoms with Crippen molar-refractivity contribution in [1.29, 1.82) is 0 Å². The molecule has 0 bridgehead atoms. The Labute approximate surface area is 186 Å². The molecule has 158 valence electrons. The Bertz CT molecular complexity index is 1340. The van der Waals surface area contributed by atoms with E-state index in [4.69, 9.17) is 17.0 Å². The maximum Gasteiger partial charge on any atom is 0.262 e. The van der Waals surface area contributed by atoms with Crippen molar-refractivity contribution in [2.45, 2.75) is 13.0 Å². The second kappa shape index (κ2) is 9.29. The summed E-state index contributed by atoms with van der Waals surface area (Å²) in [4.78, 5) is 28.5. The number of carbonyl (C=O) groups excluding carboxylic acids is 1. The van der Waals surface area contributed by atoms with Crippen LogP contribution in [0.4, 0.5) is 5.13 Å². The number of ether oxygens (including phenoxy) is 1. The molecule has 1 amide bonds. The number of carbonyl (C=O) groups is 1. The van der Waals surface area contributed by atoms with Crippen LogP contribution in [0.25, 0.3) is 21.5 Å². The lowest BCUT2D eigenvalue weighted by molar-refractivity contribution is 0.102. The molecule has 8 nitrogen and oxygen atoms in total. The normalized spacial score (nSPS) is 11.0. The number of anilines is 1. The number of aromatic amines is 1. The zero-order valence-corrected chi connectivity index (χ0v) is 18.3. The molecule has 0 spiro atoms. The summed E-state index contributed by atoms with van der Waals surface area (Å²) in [6.45, 7) is 0.997. The van der Waals surface area contributed by atoms with Gasteiger partial charge in [-0.3, -0.25) is 19.5 Å². The first kappa shape index (κ1) is 21.0. The third-order valence-electron chi connectivity index (χ3n) is 4.64. The second-order valence-corrected chi connectivity index (χ2v) is 8.09. The minimum Gasteiger partial charge on any atom is -0.385 e. The number of nitrogens with one attached hydrogen (secondary N) is 2. The number of hydrogen-bond donors (Lipinski definition) is 2. The Morgan fingerprint density at radius 1 is 1.23 bits per heavy atom. The van der Waals surface area contributed by atoms with Crippen LogP contribution in [0.3, 0.4) is 0 Å². The summed E-state index contributed by atoms with van der Waals surface area (Å²) in [5.41, 5.74) is 1.62. The van der Waals surface area contributed by atoms with Crippen molar-refractivity contribution in [3.05, 3.63) is 69.2 Å². The van der Waals surface area contributed by atoms with E-state index in [0.29, 0.717) is 50.9 Å². The van der Waals surface area contributed by atoms with Gasteiger partial charge in [-0.25, -0.2) is 0 Å². The smallest absolute Gasteiger partial charge is 0.262 e. The van der Waals surface area contributed by atoms with Gasteiger partial charge in [0, 0.05) is 31.4 Å². The monoisotopic (exact) mass is 453 g/mol. The Kier molecular flexibility index (Phi) is 6.31. The number of hydrogen-bond acceptors (Lipinski definition) is 7. The van der Waals surface area contributed by atoms with Gasteiger partial charge in [-0.05, 0) is 36.8 Å². The van der Waals surface area contributed by atoms with E-state index in [9.17, 15) is 9.59 Å². The molecule has 4 aromatic rings. The lowest BCUT2D eigenvalue weighted by Gasteiger charge is -2.09. The van der Waals surface area contributed by atoms with E-state index < -0.39 is 0 Å². The summed E-state index contributed by atoms with van der Waals surface area (Å²) in [6.07, 6.45) is 0.673. The van der Waals surface area contributed by atoms with Crippen molar-refractivity contribution >= 4 is 45.5 Å². The van der Waals surface area contributed by atoms with Crippen LogP contribution < -0.4 is 10.9 Å². The van der Waals surface area contributed by atoms with Gasteiger partial charge in [0.05, 0.1) is 10.9 Å². The van der Waals surface area contributed by atoms with E-state index in [0.717, 1.165) is 5.56 Å². The average molecular weight is 454 g/mol. The van der Waals surface area contributed by atoms with Crippen LogP contribution in [0.2, 0.25) is 0 Å². The third kappa shape index (κ3) is 4.61. The predicted molar refractivity (Wildman–Crippen MR) is 123 cm³/mol. The van der Waals surface area contributed by atoms with Gasteiger partial charge >= 0.3 is 0 Å². The summed E-state index contributed by atoms with van der Waals surface area (Å²) in [5.74, 6) is -0.346. The minimum atomic E-state index is -0.346. The molecule has 4 rings (SSSR count). The number of benzene rings is 2. The van der Waals surface area contributed by atoms with Crippen LogP contribution in [0.1, 0.15) is 16.8 Å². The van der Waals surface area contributed by atoms with Crippen molar-refractivity contribution in [2.24, 2.45) is 0 Å². The number of nitrogens with zero attached hydrogens (tertiary/aromatic N) is 3. The first-order valence-corrected chi connectivity index (χ1v) is 10.8. The van der Waals surface area contributed by atoms with Gasteiger partial charge in [0.2, 0.25) is 5.13 Å². The summed E-state index contributed by atoms with van der Waals surface area (Å²) < 4.78 is 6.85. The average Bonchev–Trinajstić information content (AvgIpc) is 3.24. The van der Waals surface area contributed by atoms with Gasteiger partial charge in [-0.2, -0.15) is 0 Å². The van der Waals surface area contributed by atoms with Gasteiger partial charge < -0.3 is 9.72 Å². The third-order valence-corrected chi connectivity index (χ3v) is 5.85. The summed E-state index contributed by atoms with van der Waals surface area (Å²) in [7, 11) is 1.61. The van der Waals surface area contributed by atoms with Crippen molar-refractivity contribution in [1.82, 2.24) is 19.7 Å². The first-order chi connectivity index (χ1) is 15.1. The molecular weight excluding hydrogens is 434 g/mol. The van der Waals surface area contributed by atoms with E-state index in [-0.39, 0.29) is 11.5 Å². The van der Waals surface area contributed by atoms with Crippen molar-refractivity contribution in [2.75, 3.05) is 19.0 Å². The molecule has 10 heteroatoms. The molecule has 0 saturated heterocycles. The largest absolute Gasteiger partial charge is 0.385 e. The molecule has 0 unspecified atom stereocenters. The maximum atomic E-state index is 12.8. The summed E-state index contributed by atoms with van der Waals surface area (Å²) in [6, 6.07) is 14.5. The first-order valence-electron chi connectivity index (χ1n) is 9.53. The minimum absolute atomic E-state index is 0.196. The number of aromatic nitrogens is 4. The number of amides is 1. The number of fused-ring (bicyclic) bond motifs is 1. The van der Waals surface area contributed by atoms with Crippen molar-refractivity contribution in [3.63, 3.8) is 0 Å². The standard InChI is InChI=1S/C21H19N5O3S2/c1-29-11-5-10-26-19(28)15-9-8-14(12-16(15)22-21(26)30)17(27)23-20-25-24-18(31-20)13-6-3-2-4-7-13/h2-4,6-9,12H,5,10-11H2,1H3,(H,22,30)(H,23,25,27). The van der Waals surface area contributed by atoms with E-state index in [1.807, 2.05) is 30.3 Å². The van der Waals surface area contributed by atoms with Crippen LogP contribution in [-0.2, 0) is 11.3 Å². The van der Waals surface area contributed by atoms with Gasteiger partial charge in [0.1, 0.15) is 5.01 Å². The summed E-state index contributed by atoms with van der Waals surface area (Å²) >= 11 is 6.62. The molecule has 0 aliphatic carbocycles. The zero-order chi connectivity index (χ0) is 21.8. The second-order valence-electron chi connectivity index (χ2n) is 6.73. The molecule has 2 N–H and O–H groups in total. The van der Waals surface area contributed by atoms with E-state index in [2.05, 4.69) is 20.5 Å². The van der Waals surface area contributed by atoms with Crippen LogP contribution in [0.5, 0.6) is 0 Å². The Morgan fingerprint density at radius 3 is 2.81 bits per heavy atom. The highest BCUT2D eigenvalue weighted by atomic mass is 32.1. The van der Waals surface area contributed by atoms with E-state index in [1.54, 1.807) is 25.3 Å². The van der Waals surface area contributed by atoms with E-state index in [1.165, 1.54) is 15.9 Å². The fraction of sp³-hybridized carbons (Fsp3) is 0.190. The fourth-order valence-corrected chi connectivity index (χ4v) is 4.13. The van der Waals surface area contributed by atoms with Gasteiger partial charge in [0.25, 0.3) is 11.5 Å². The molecule has 0 radical (unpaired) electrons. The molecule has 2 aromatic carbocycles. The van der Waals surface area contributed by atoms with Crippen molar-refractivity contribution < 1.29 is 9.53 Å². The molecule has 0 saturated carbocycles. The lowest BCUT2D eigenvalue weighted by Crippen LogP contribution is -2.23. The molecular formula is C21H19N5O3S2. The molecule has 0 aliphatic heterocycles. The van der Waals surface area contributed by atoms with Gasteiger partial charge in [-0.1, -0.05) is 41.7 Å². The molecule has 2 aromatic heterocycles. The Morgan fingerprint density at radius 2 is 2.03 bits per heavy atom. The number of H-pyrrole nitrogens is 1. The predicted octanol–water partition coefficient (Wildman–Crippen LogP) is 3.87. The SMILES string of the molecule is COCCCn1c(=S)[nH]c2cc(C(=O)Nc3nnc(-c4ccccc4)s3)ccc2c1=O.